The molecule has 0 aromatic heterocycles. The molecule has 2 aromatic rings. The lowest BCUT2D eigenvalue weighted by atomic mass is 9.99. The first-order chi connectivity index (χ1) is 9.70. The number of carbonyl (C=O) groups excluding carboxylic acids is 1. The van der Waals surface area contributed by atoms with Crippen LogP contribution in [0.5, 0.6) is 0 Å². The van der Waals surface area contributed by atoms with Gasteiger partial charge < -0.3 is 5.73 Å². The fraction of sp³-hybridized carbons (Fsp3) is 0.278. The summed E-state index contributed by atoms with van der Waals surface area (Å²) in [6.45, 7) is 0. The molecule has 0 atom stereocenters. The molecule has 0 unspecified atom stereocenters. The molecule has 20 heavy (non-hydrogen) atoms. The van der Waals surface area contributed by atoms with Gasteiger partial charge in [0.1, 0.15) is 5.78 Å². The molecule has 1 aliphatic rings. The van der Waals surface area contributed by atoms with Crippen LogP contribution in [-0.2, 0) is 30.5 Å². The van der Waals surface area contributed by atoms with Crippen LogP contribution in [0.2, 0.25) is 0 Å². The number of nitrogen functional groups attached to an aromatic ring is 1. The summed E-state index contributed by atoms with van der Waals surface area (Å²) in [5.74, 6) is 0.244. The van der Waals surface area contributed by atoms with Crippen molar-refractivity contribution < 1.29 is 4.79 Å². The lowest BCUT2D eigenvalue weighted by Crippen LogP contribution is -2.07. The molecular formula is C18H19NO. The van der Waals surface area contributed by atoms with E-state index in [1.54, 1.807) is 0 Å². The summed E-state index contributed by atoms with van der Waals surface area (Å²) < 4.78 is 0. The molecule has 0 radical (unpaired) electrons. The molecule has 0 bridgehead atoms. The van der Waals surface area contributed by atoms with Gasteiger partial charge >= 0.3 is 0 Å². The monoisotopic (exact) mass is 265 g/mol. The van der Waals surface area contributed by atoms with Crippen LogP contribution in [-0.4, -0.2) is 5.78 Å². The van der Waals surface area contributed by atoms with Gasteiger partial charge in [0.25, 0.3) is 0 Å². The summed E-state index contributed by atoms with van der Waals surface area (Å²) in [6, 6.07) is 14.1. The number of anilines is 1. The van der Waals surface area contributed by atoms with Gasteiger partial charge in [-0.1, -0.05) is 30.3 Å². The van der Waals surface area contributed by atoms with Gasteiger partial charge in [0, 0.05) is 18.5 Å². The number of aryl methyl sites for hydroxylation is 2. The van der Waals surface area contributed by atoms with Crippen molar-refractivity contribution in [3.05, 3.63) is 64.7 Å². The molecule has 102 valence electrons. The Morgan fingerprint density at radius 1 is 0.950 bits per heavy atom. The SMILES string of the molecule is Nc1cccc(CC(=O)Cc2ccc3c(c2)CCC3)c1. The third-order valence-electron chi connectivity index (χ3n) is 3.92. The van der Waals surface area contributed by atoms with Gasteiger partial charge in [0.05, 0.1) is 0 Å². The van der Waals surface area contributed by atoms with Gasteiger partial charge in [-0.15, -0.1) is 0 Å². The first-order valence-corrected chi connectivity index (χ1v) is 7.17. The number of ketones is 1. The van der Waals surface area contributed by atoms with Crippen LogP contribution in [0, 0.1) is 0 Å². The molecule has 0 aliphatic heterocycles. The lowest BCUT2D eigenvalue weighted by molar-refractivity contribution is -0.117. The van der Waals surface area contributed by atoms with E-state index in [0.717, 1.165) is 17.5 Å². The van der Waals surface area contributed by atoms with Crippen molar-refractivity contribution in [3.8, 4) is 0 Å². The van der Waals surface area contributed by atoms with Gasteiger partial charge in [-0.25, -0.2) is 0 Å². The molecule has 2 aromatic carbocycles. The Kier molecular flexibility index (Phi) is 3.55. The standard InChI is InChI=1S/C18H19NO/c19-17-6-1-3-13(10-17)11-18(20)12-14-7-8-15-4-2-5-16(15)9-14/h1,3,6-10H,2,4-5,11-12,19H2. The zero-order valence-electron chi connectivity index (χ0n) is 11.6. The van der Waals surface area contributed by atoms with Crippen molar-refractivity contribution in [2.45, 2.75) is 32.1 Å². The van der Waals surface area contributed by atoms with Crippen LogP contribution in [0.3, 0.4) is 0 Å². The van der Waals surface area contributed by atoms with Crippen molar-refractivity contribution in [1.82, 2.24) is 0 Å². The minimum absolute atomic E-state index is 0.244. The van der Waals surface area contributed by atoms with Crippen LogP contribution in [0.25, 0.3) is 0 Å². The molecule has 0 saturated carbocycles. The highest BCUT2D eigenvalue weighted by atomic mass is 16.1. The van der Waals surface area contributed by atoms with Gasteiger partial charge in [-0.3, -0.25) is 4.79 Å². The second kappa shape index (κ2) is 5.49. The molecule has 0 amide bonds. The second-order valence-corrected chi connectivity index (χ2v) is 5.59. The smallest absolute Gasteiger partial charge is 0.141 e. The van der Waals surface area contributed by atoms with E-state index in [2.05, 4.69) is 18.2 Å². The summed E-state index contributed by atoms with van der Waals surface area (Å²) in [5, 5.41) is 0. The minimum Gasteiger partial charge on any atom is -0.399 e. The molecule has 3 rings (SSSR count). The number of benzene rings is 2. The topological polar surface area (TPSA) is 43.1 Å². The number of fused-ring (bicyclic) bond motifs is 1. The Hall–Kier alpha value is -2.09. The zero-order chi connectivity index (χ0) is 13.9. The average Bonchev–Trinajstić information content (AvgIpc) is 2.86. The summed E-state index contributed by atoms with van der Waals surface area (Å²) in [6.07, 6.45) is 4.57. The molecule has 0 heterocycles. The molecule has 0 saturated heterocycles. The van der Waals surface area contributed by atoms with E-state index >= 15 is 0 Å². The Morgan fingerprint density at radius 2 is 1.70 bits per heavy atom. The van der Waals surface area contributed by atoms with Crippen LogP contribution in [0.1, 0.15) is 28.7 Å². The summed E-state index contributed by atoms with van der Waals surface area (Å²) >= 11 is 0. The van der Waals surface area contributed by atoms with E-state index in [1.807, 2.05) is 24.3 Å². The molecular weight excluding hydrogens is 246 g/mol. The van der Waals surface area contributed by atoms with E-state index in [1.165, 1.54) is 24.0 Å². The van der Waals surface area contributed by atoms with Crippen molar-refractivity contribution in [2.75, 3.05) is 5.73 Å². The maximum atomic E-state index is 12.2. The summed E-state index contributed by atoms with van der Waals surface area (Å²) in [5.41, 5.74) is 11.5. The molecule has 2 nitrogen and oxygen atoms in total. The van der Waals surface area contributed by atoms with Crippen molar-refractivity contribution in [3.63, 3.8) is 0 Å². The highest BCUT2D eigenvalue weighted by Crippen LogP contribution is 2.23. The Labute approximate surface area is 119 Å². The number of carbonyl (C=O) groups is 1. The molecule has 2 heteroatoms. The van der Waals surface area contributed by atoms with Gasteiger partial charge in [0.15, 0.2) is 0 Å². The van der Waals surface area contributed by atoms with Crippen LogP contribution < -0.4 is 5.73 Å². The van der Waals surface area contributed by atoms with Crippen molar-refractivity contribution in [1.29, 1.82) is 0 Å². The van der Waals surface area contributed by atoms with Crippen LogP contribution in [0.4, 0.5) is 5.69 Å². The second-order valence-electron chi connectivity index (χ2n) is 5.59. The highest BCUT2D eigenvalue weighted by molar-refractivity contribution is 5.83. The third kappa shape index (κ3) is 2.90. The number of Topliss-reactive ketones (excluding diaryl/α,β-unsaturated/α-hetero) is 1. The predicted octanol–water partition coefficient (Wildman–Crippen LogP) is 3.11. The van der Waals surface area contributed by atoms with Crippen LogP contribution in [0.15, 0.2) is 42.5 Å². The predicted molar refractivity (Wildman–Crippen MR) is 81.7 cm³/mol. The van der Waals surface area contributed by atoms with E-state index in [9.17, 15) is 4.79 Å². The summed E-state index contributed by atoms with van der Waals surface area (Å²) in [4.78, 5) is 12.2. The van der Waals surface area contributed by atoms with E-state index in [-0.39, 0.29) is 5.78 Å². The Balaban J connectivity index is 1.67. The minimum atomic E-state index is 0.244. The number of hydrogen-bond acceptors (Lipinski definition) is 2. The van der Waals surface area contributed by atoms with Crippen LogP contribution >= 0.6 is 0 Å². The van der Waals surface area contributed by atoms with Gasteiger partial charge in [-0.2, -0.15) is 0 Å². The Morgan fingerprint density at radius 3 is 2.50 bits per heavy atom. The fourth-order valence-electron chi connectivity index (χ4n) is 2.96. The molecule has 1 aliphatic carbocycles. The average molecular weight is 265 g/mol. The quantitative estimate of drug-likeness (QED) is 0.863. The van der Waals surface area contributed by atoms with Crippen molar-refractivity contribution >= 4 is 11.5 Å². The number of nitrogens with two attached hydrogens (primary N) is 1. The highest BCUT2D eigenvalue weighted by Gasteiger charge is 2.12. The normalized spacial score (nSPS) is 13.2. The Bertz CT molecular complexity index is 646. The van der Waals surface area contributed by atoms with E-state index in [4.69, 9.17) is 5.73 Å². The largest absolute Gasteiger partial charge is 0.399 e. The van der Waals surface area contributed by atoms with E-state index in [0.29, 0.717) is 18.5 Å². The molecule has 0 spiro atoms. The number of rotatable bonds is 4. The first kappa shape index (κ1) is 12.9. The van der Waals surface area contributed by atoms with E-state index < -0.39 is 0 Å². The first-order valence-electron chi connectivity index (χ1n) is 7.17. The van der Waals surface area contributed by atoms with Gasteiger partial charge in [-0.05, 0) is 53.6 Å². The van der Waals surface area contributed by atoms with Gasteiger partial charge in [0.2, 0.25) is 0 Å². The van der Waals surface area contributed by atoms with Crippen molar-refractivity contribution in [2.24, 2.45) is 0 Å². The molecule has 0 fully saturated rings. The zero-order valence-corrected chi connectivity index (χ0v) is 11.6. The lowest BCUT2D eigenvalue weighted by Gasteiger charge is -2.05. The molecule has 2 N–H and O–H groups in total. The number of hydrogen-bond donors (Lipinski definition) is 1. The maximum Gasteiger partial charge on any atom is 0.141 e. The third-order valence-corrected chi connectivity index (χ3v) is 3.92. The summed E-state index contributed by atoms with van der Waals surface area (Å²) in [7, 11) is 0. The maximum absolute atomic E-state index is 12.2. The fourth-order valence-corrected chi connectivity index (χ4v) is 2.96.